The number of ether oxygens (including phenoxy) is 1. The van der Waals surface area contributed by atoms with Crippen molar-refractivity contribution in [1.29, 1.82) is 0 Å². The molecule has 2 heteroatoms. The fraction of sp³-hybridized carbons (Fsp3) is 0.571. The molecule has 0 radical (unpaired) electrons. The number of hydrogen-bond donors (Lipinski definition) is 1. The van der Waals surface area contributed by atoms with Gasteiger partial charge in [-0.3, -0.25) is 0 Å². The molecule has 0 bridgehead atoms. The fourth-order valence-electron chi connectivity index (χ4n) is 1.95. The number of nitrogens with one attached hydrogen (secondary N) is 1. The third-order valence-corrected chi connectivity index (χ3v) is 3.12. The number of anilines is 1. The smallest absolute Gasteiger partial charge is 0.0717 e. The molecule has 0 spiro atoms. The van der Waals surface area contributed by atoms with E-state index < -0.39 is 0 Å². The SMILES string of the molecule is CCOCc1cccc(NC(C)C2CC2)c1. The molecule has 1 saturated carbocycles. The first kappa shape index (κ1) is 11.5. The zero-order valence-corrected chi connectivity index (χ0v) is 10.2. The summed E-state index contributed by atoms with van der Waals surface area (Å²) in [7, 11) is 0. The van der Waals surface area contributed by atoms with Crippen LogP contribution in [0, 0.1) is 5.92 Å². The van der Waals surface area contributed by atoms with E-state index in [0.717, 1.165) is 12.5 Å². The van der Waals surface area contributed by atoms with Gasteiger partial charge in [0, 0.05) is 18.3 Å². The summed E-state index contributed by atoms with van der Waals surface area (Å²) < 4.78 is 5.41. The molecule has 2 rings (SSSR count). The second-order valence-corrected chi connectivity index (χ2v) is 4.61. The fourth-order valence-corrected chi connectivity index (χ4v) is 1.95. The summed E-state index contributed by atoms with van der Waals surface area (Å²) >= 11 is 0. The molecular weight excluding hydrogens is 198 g/mol. The molecule has 1 aromatic rings. The zero-order chi connectivity index (χ0) is 11.4. The van der Waals surface area contributed by atoms with E-state index in [1.54, 1.807) is 0 Å². The van der Waals surface area contributed by atoms with Crippen molar-refractivity contribution in [2.45, 2.75) is 39.3 Å². The molecule has 1 N–H and O–H groups in total. The van der Waals surface area contributed by atoms with Crippen LogP contribution >= 0.6 is 0 Å². The lowest BCUT2D eigenvalue weighted by Crippen LogP contribution is -2.17. The van der Waals surface area contributed by atoms with E-state index >= 15 is 0 Å². The molecule has 0 amide bonds. The Kier molecular flexibility index (Phi) is 3.83. The molecular formula is C14H21NO. The molecule has 1 fully saturated rings. The summed E-state index contributed by atoms with van der Waals surface area (Å²) in [6, 6.07) is 9.13. The van der Waals surface area contributed by atoms with Crippen LogP contribution in [0.2, 0.25) is 0 Å². The second kappa shape index (κ2) is 5.35. The van der Waals surface area contributed by atoms with Gasteiger partial charge in [0.05, 0.1) is 6.61 Å². The highest BCUT2D eigenvalue weighted by Gasteiger charge is 2.27. The predicted molar refractivity (Wildman–Crippen MR) is 67.6 cm³/mol. The Morgan fingerprint density at radius 3 is 2.94 bits per heavy atom. The highest BCUT2D eigenvalue weighted by molar-refractivity contribution is 5.46. The van der Waals surface area contributed by atoms with E-state index in [1.807, 2.05) is 6.92 Å². The van der Waals surface area contributed by atoms with Gasteiger partial charge < -0.3 is 10.1 Å². The maximum atomic E-state index is 5.41. The molecule has 16 heavy (non-hydrogen) atoms. The van der Waals surface area contributed by atoms with Crippen LogP contribution in [-0.4, -0.2) is 12.6 Å². The Morgan fingerprint density at radius 1 is 1.44 bits per heavy atom. The molecule has 1 atom stereocenters. The average molecular weight is 219 g/mol. The third kappa shape index (κ3) is 3.24. The van der Waals surface area contributed by atoms with E-state index in [-0.39, 0.29) is 0 Å². The van der Waals surface area contributed by atoms with Crippen LogP contribution in [-0.2, 0) is 11.3 Å². The number of rotatable bonds is 6. The Bertz CT molecular complexity index is 333. The zero-order valence-electron chi connectivity index (χ0n) is 10.2. The van der Waals surface area contributed by atoms with Gasteiger partial charge in [0.25, 0.3) is 0 Å². The van der Waals surface area contributed by atoms with Gasteiger partial charge in [-0.05, 0) is 50.3 Å². The molecule has 0 heterocycles. The molecule has 1 aliphatic carbocycles. The normalized spacial score (nSPS) is 17.1. The second-order valence-electron chi connectivity index (χ2n) is 4.61. The first-order chi connectivity index (χ1) is 7.79. The van der Waals surface area contributed by atoms with Gasteiger partial charge >= 0.3 is 0 Å². The van der Waals surface area contributed by atoms with E-state index in [9.17, 15) is 0 Å². The van der Waals surface area contributed by atoms with Crippen molar-refractivity contribution in [2.24, 2.45) is 5.92 Å². The molecule has 1 aromatic carbocycles. The van der Waals surface area contributed by atoms with Crippen molar-refractivity contribution >= 4 is 5.69 Å². The summed E-state index contributed by atoms with van der Waals surface area (Å²) in [6.07, 6.45) is 2.76. The first-order valence-corrected chi connectivity index (χ1v) is 6.23. The van der Waals surface area contributed by atoms with Gasteiger partial charge in [0.15, 0.2) is 0 Å². The summed E-state index contributed by atoms with van der Waals surface area (Å²) in [5.41, 5.74) is 2.46. The monoisotopic (exact) mass is 219 g/mol. The van der Waals surface area contributed by atoms with E-state index in [0.29, 0.717) is 12.6 Å². The Labute approximate surface area is 98.0 Å². The van der Waals surface area contributed by atoms with Crippen molar-refractivity contribution < 1.29 is 4.74 Å². The quantitative estimate of drug-likeness (QED) is 0.791. The van der Waals surface area contributed by atoms with Gasteiger partial charge in [-0.15, -0.1) is 0 Å². The number of benzene rings is 1. The van der Waals surface area contributed by atoms with Crippen LogP contribution < -0.4 is 5.32 Å². The molecule has 0 saturated heterocycles. The minimum atomic E-state index is 0.599. The van der Waals surface area contributed by atoms with Crippen molar-refractivity contribution in [3.63, 3.8) is 0 Å². The lowest BCUT2D eigenvalue weighted by atomic mass is 10.1. The summed E-state index contributed by atoms with van der Waals surface area (Å²) in [5, 5.41) is 3.57. The van der Waals surface area contributed by atoms with Crippen LogP contribution in [0.25, 0.3) is 0 Å². The maximum Gasteiger partial charge on any atom is 0.0717 e. The van der Waals surface area contributed by atoms with E-state index in [2.05, 4.69) is 36.5 Å². The summed E-state index contributed by atoms with van der Waals surface area (Å²) in [4.78, 5) is 0. The largest absolute Gasteiger partial charge is 0.382 e. The Balaban J connectivity index is 1.92. The summed E-state index contributed by atoms with van der Waals surface area (Å²) in [6.45, 7) is 5.78. The summed E-state index contributed by atoms with van der Waals surface area (Å²) in [5.74, 6) is 0.885. The number of hydrogen-bond acceptors (Lipinski definition) is 2. The van der Waals surface area contributed by atoms with Gasteiger partial charge in [-0.2, -0.15) is 0 Å². The van der Waals surface area contributed by atoms with Crippen LogP contribution in [0.4, 0.5) is 5.69 Å². The van der Waals surface area contributed by atoms with Crippen LogP contribution in [0.5, 0.6) is 0 Å². The van der Waals surface area contributed by atoms with E-state index in [4.69, 9.17) is 4.74 Å². The standard InChI is InChI=1S/C14H21NO/c1-3-16-10-12-5-4-6-14(9-12)15-11(2)13-7-8-13/h4-6,9,11,13,15H,3,7-8,10H2,1-2H3. The molecule has 1 unspecified atom stereocenters. The van der Waals surface area contributed by atoms with Crippen molar-refractivity contribution in [3.05, 3.63) is 29.8 Å². The maximum absolute atomic E-state index is 5.41. The predicted octanol–water partition coefficient (Wildman–Crippen LogP) is 3.43. The van der Waals surface area contributed by atoms with Gasteiger partial charge in [0.1, 0.15) is 0 Å². The van der Waals surface area contributed by atoms with Gasteiger partial charge in [-0.25, -0.2) is 0 Å². The van der Waals surface area contributed by atoms with Crippen molar-refractivity contribution in [1.82, 2.24) is 0 Å². The van der Waals surface area contributed by atoms with Crippen LogP contribution in [0.15, 0.2) is 24.3 Å². The first-order valence-electron chi connectivity index (χ1n) is 6.23. The highest BCUT2D eigenvalue weighted by atomic mass is 16.5. The van der Waals surface area contributed by atoms with Crippen molar-refractivity contribution in [3.8, 4) is 0 Å². The molecule has 0 aromatic heterocycles. The molecule has 1 aliphatic rings. The average Bonchev–Trinajstić information content (AvgIpc) is 3.10. The van der Waals surface area contributed by atoms with Crippen LogP contribution in [0.3, 0.4) is 0 Å². The topological polar surface area (TPSA) is 21.3 Å². The van der Waals surface area contributed by atoms with E-state index in [1.165, 1.54) is 24.1 Å². The molecule has 88 valence electrons. The Morgan fingerprint density at radius 2 is 2.25 bits per heavy atom. The third-order valence-electron chi connectivity index (χ3n) is 3.12. The van der Waals surface area contributed by atoms with Crippen molar-refractivity contribution in [2.75, 3.05) is 11.9 Å². The Hall–Kier alpha value is -1.02. The minimum Gasteiger partial charge on any atom is -0.382 e. The lowest BCUT2D eigenvalue weighted by Gasteiger charge is -2.15. The molecule has 0 aliphatic heterocycles. The highest BCUT2D eigenvalue weighted by Crippen LogP contribution is 2.33. The molecule has 2 nitrogen and oxygen atoms in total. The lowest BCUT2D eigenvalue weighted by molar-refractivity contribution is 0.134. The van der Waals surface area contributed by atoms with Crippen LogP contribution in [0.1, 0.15) is 32.3 Å². The van der Waals surface area contributed by atoms with Gasteiger partial charge in [0.2, 0.25) is 0 Å². The minimum absolute atomic E-state index is 0.599. The van der Waals surface area contributed by atoms with Gasteiger partial charge in [-0.1, -0.05) is 12.1 Å².